The molecule has 0 saturated heterocycles. The zero-order valence-electron chi connectivity index (χ0n) is 9.76. The fourth-order valence-corrected chi connectivity index (χ4v) is 2.31. The molecule has 2 nitrogen and oxygen atoms in total. The predicted molar refractivity (Wildman–Crippen MR) is 72.9 cm³/mol. The first-order valence-corrected chi connectivity index (χ1v) is 6.36. The van der Waals surface area contributed by atoms with Crippen LogP contribution in [-0.4, -0.2) is 30.5 Å². The van der Waals surface area contributed by atoms with E-state index in [4.69, 9.17) is 0 Å². The summed E-state index contributed by atoms with van der Waals surface area (Å²) in [4.78, 5) is 5.55. The summed E-state index contributed by atoms with van der Waals surface area (Å²) < 4.78 is 1.13. The van der Waals surface area contributed by atoms with Crippen LogP contribution in [0.1, 0.15) is 12.0 Å². The maximum atomic E-state index is 3.49. The van der Waals surface area contributed by atoms with E-state index in [2.05, 4.69) is 64.3 Å². The highest BCUT2D eigenvalue weighted by Gasteiger charge is 2.03. The van der Waals surface area contributed by atoms with E-state index in [-0.39, 0.29) is 0 Å². The standard InChI is InChI=1S/C13H17BrN2/c1-16(2)7-3-4-10-9-15-13-8-11(14)5-6-12(10)13/h5-6,8-9,15H,3-4,7H2,1-2H3. The second kappa shape index (κ2) is 5.02. The highest BCUT2D eigenvalue weighted by molar-refractivity contribution is 9.10. The number of halogens is 1. The summed E-state index contributed by atoms with van der Waals surface area (Å²) in [7, 11) is 4.23. The maximum absolute atomic E-state index is 3.49. The molecule has 0 aliphatic carbocycles. The quantitative estimate of drug-likeness (QED) is 0.909. The first kappa shape index (κ1) is 11.7. The van der Waals surface area contributed by atoms with Gasteiger partial charge in [0.05, 0.1) is 0 Å². The molecule has 1 heterocycles. The van der Waals surface area contributed by atoms with Crippen molar-refractivity contribution in [2.45, 2.75) is 12.8 Å². The molecule has 0 atom stereocenters. The van der Waals surface area contributed by atoms with Crippen LogP contribution in [0, 0.1) is 0 Å². The van der Waals surface area contributed by atoms with Gasteiger partial charge in [-0.2, -0.15) is 0 Å². The van der Waals surface area contributed by atoms with Crippen LogP contribution in [-0.2, 0) is 6.42 Å². The van der Waals surface area contributed by atoms with Crippen molar-refractivity contribution in [1.82, 2.24) is 9.88 Å². The van der Waals surface area contributed by atoms with Gasteiger partial charge in [-0.3, -0.25) is 0 Å². The third kappa shape index (κ3) is 2.66. The SMILES string of the molecule is CN(C)CCCc1c[nH]c2cc(Br)ccc12. The van der Waals surface area contributed by atoms with Crippen molar-refractivity contribution in [1.29, 1.82) is 0 Å². The summed E-state index contributed by atoms with van der Waals surface area (Å²) in [6.45, 7) is 1.14. The molecule has 1 aromatic heterocycles. The molecule has 0 bridgehead atoms. The first-order valence-electron chi connectivity index (χ1n) is 5.57. The number of fused-ring (bicyclic) bond motifs is 1. The zero-order chi connectivity index (χ0) is 11.5. The van der Waals surface area contributed by atoms with E-state index in [1.807, 2.05) is 0 Å². The molecule has 86 valence electrons. The van der Waals surface area contributed by atoms with Crippen LogP contribution in [0.5, 0.6) is 0 Å². The van der Waals surface area contributed by atoms with Gasteiger partial charge < -0.3 is 9.88 Å². The molecular formula is C13H17BrN2. The number of nitrogens with one attached hydrogen (secondary N) is 1. The summed E-state index contributed by atoms with van der Waals surface area (Å²) >= 11 is 3.49. The van der Waals surface area contributed by atoms with Gasteiger partial charge in [-0.25, -0.2) is 0 Å². The van der Waals surface area contributed by atoms with Crippen molar-refractivity contribution in [3.8, 4) is 0 Å². The van der Waals surface area contributed by atoms with Crippen molar-refractivity contribution in [2.75, 3.05) is 20.6 Å². The molecule has 0 radical (unpaired) electrons. The molecule has 16 heavy (non-hydrogen) atoms. The van der Waals surface area contributed by atoms with Crippen LogP contribution in [0.3, 0.4) is 0 Å². The van der Waals surface area contributed by atoms with E-state index in [9.17, 15) is 0 Å². The van der Waals surface area contributed by atoms with Gasteiger partial charge in [-0.15, -0.1) is 0 Å². The highest BCUT2D eigenvalue weighted by Crippen LogP contribution is 2.23. The summed E-state index contributed by atoms with van der Waals surface area (Å²) in [5.74, 6) is 0. The fourth-order valence-electron chi connectivity index (χ4n) is 1.95. The minimum absolute atomic E-state index is 1.13. The van der Waals surface area contributed by atoms with E-state index < -0.39 is 0 Å². The first-order chi connectivity index (χ1) is 7.66. The summed E-state index contributed by atoms with van der Waals surface area (Å²) in [6.07, 6.45) is 4.47. The monoisotopic (exact) mass is 280 g/mol. The van der Waals surface area contributed by atoms with E-state index >= 15 is 0 Å². The Kier molecular flexibility index (Phi) is 3.66. The van der Waals surface area contributed by atoms with Gasteiger partial charge in [-0.05, 0) is 51.2 Å². The average molecular weight is 281 g/mol. The van der Waals surface area contributed by atoms with Crippen molar-refractivity contribution < 1.29 is 0 Å². The Hall–Kier alpha value is -0.800. The van der Waals surface area contributed by atoms with Crippen LogP contribution in [0.4, 0.5) is 0 Å². The smallest absolute Gasteiger partial charge is 0.0468 e. The molecule has 3 heteroatoms. The Bertz CT molecular complexity index is 474. The topological polar surface area (TPSA) is 19.0 Å². The van der Waals surface area contributed by atoms with Crippen molar-refractivity contribution in [3.05, 3.63) is 34.4 Å². The van der Waals surface area contributed by atoms with E-state index in [1.165, 1.54) is 22.9 Å². The number of H-pyrrole nitrogens is 1. The largest absolute Gasteiger partial charge is 0.361 e. The van der Waals surface area contributed by atoms with Gasteiger partial charge in [0.25, 0.3) is 0 Å². The third-order valence-corrected chi connectivity index (χ3v) is 3.27. The van der Waals surface area contributed by atoms with E-state index in [1.54, 1.807) is 0 Å². The Morgan fingerprint density at radius 2 is 2.12 bits per heavy atom. The fraction of sp³-hybridized carbons (Fsp3) is 0.385. The van der Waals surface area contributed by atoms with Crippen LogP contribution in [0.25, 0.3) is 10.9 Å². The molecule has 2 rings (SSSR count). The molecule has 2 aromatic rings. The maximum Gasteiger partial charge on any atom is 0.0468 e. The molecule has 0 saturated carbocycles. The molecular weight excluding hydrogens is 264 g/mol. The predicted octanol–water partition coefficient (Wildman–Crippen LogP) is 3.42. The van der Waals surface area contributed by atoms with Crippen molar-refractivity contribution in [2.24, 2.45) is 0 Å². The number of benzene rings is 1. The van der Waals surface area contributed by atoms with Crippen molar-refractivity contribution >= 4 is 26.8 Å². The Morgan fingerprint density at radius 3 is 2.88 bits per heavy atom. The number of hydrogen-bond acceptors (Lipinski definition) is 1. The molecule has 1 N–H and O–H groups in total. The van der Waals surface area contributed by atoms with Gasteiger partial charge >= 0.3 is 0 Å². The van der Waals surface area contributed by atoms with Gasteiger partial charge in [0, 0.05) is 21.6 Å². The lowest BCUT2D eigenvalue weighted by Gasteiger charge is -2.08. The average Bonchev–Trinajstić information content (AvgIpc) is 2.60. The van der Waals surface area contributed by atoms with Crippen LogP contribution >= 0.6 is 15.9 Å². The third-order valence-electron chi connectivity index (χ3n) is 2.78. The number of aryl methyl sites for hydroxylation is 1. The number of aromatic amines is 1. The van der Waals surface area contributed by atoms with Gasteiger partial charge in [0.15, 0.2) is 0 Å². The molecule has 1 aromatic carbocycles. The van der Waals surface area contributed by atoms with Gasteiger partial charge in [0.2, 0.25) is 0 Å². The highest BCUT2D eigenvalue weighted by atomic mass is 79.9. The normalized spacial score (nSPS) is 11.5. The summed E-state index contributed by atoms with van der Waals surface area (Å²) in [6, 6.07) is 6.41. The number of aromatic nitrogens is 1. The molecule has 0 amide bonds. The summed E-state index contributed by atoms with van der Waals surface area (Å²) in [5, 5.41) is 1.35. The molecule has 0 spiro atoms. The molecule has 0 aliphatic rings. The second-order valence-electron chi connectivity index (χ2n) is 4.41. The minimum Gasteiger partial charge on any atom is -0.361 e. The van der Waals surface area contributed by atoms with Crippen molar-refractivity contribution in [3.63, 3.8) is 0 Å². The molecule has 0 aliphatic heterocycles. The van der Waals surface area contributed by atoms with Crippen LogP contribution in [0.2, 0.25) is 0 Å². The number of hydrogen-bond donors (Lipinski definition) is 1. The lowest BCUT2D eigenvalue weighted by molar-refractivity contribution is 0.400. The van der Waals surface area contributed by atoms with Gasteiger partial charge in [0.1, 0.15) is 0 Å². The molecule has 0 fully saturated rings. The second-order valence-corrected chi connectivity index (χ2v) is 5.33. The Balaban J connectivity index is 2.13. The summed E-state index contributed by atoms with van der Waals surface area (Å²) in [5.41, 5.74) is 2.64. The van der Waals surface area contributed by atoms with E-state index in [0.29, 0.717) is 0 Å². The zero-order valence-corrected chi connectivity index (χ0v) is 11.3. The number of rotatable bonds is 4. The van der Waals surface area contributed by atoms with Crippen LogP contribution in [0.15, 0.2) is 28.9 Å². The Labute approximate surface area is 105 Å². The Morgan fingerprint density at radius 1 is 1.31 bits per heavy atom. The van der Waals surface area contributed by atoms with E-state index in [0.717, 1.165) is 17.4 Å². The lowest BCUT2D eigenvalue weighted by atomic mass is 10.1. The molecule has 0 unspecified atom stereocenters. The number of nitrogens with zero attached hydrogens (tertiary/aromatic N) is 1. The van der Waals surface area contributed by atoms with Crippen LogP contribution < -0.4 is 0 Å². The van der Waals surface area contributed by atoms with Gasteiger partial charge in [-0.1, -0.05) is 22.0 Å². The minimum atomic E-state index is 1.13. The lowest BCUT2D eigenvalue weighted by Crippen LogP contribution is -2.13.